The van der Waals surface area contributed by atoms with E-state index in [0.29, 0.717) is 22.8 Å². The van der Waals surface area contributed by atoms with Crippen LogP contribution >= 0.6 is 11.6 Å². The standard InChI is InChI=1S/C13H11ClN2O/c1-2-7-15-13(17)11-6-4-9-3-5-10(14)8-12(9)16-11/h2-6,8H,1,7H2,(H,15,17). The molecule has 0 radical (unpaired) electrons. The van der Waals surface area contributed by atoms with Crippen LogP contribution in [-0.4, -0.2) is 17.4 Å². The van der Waals surface area contributed by atoms with Gasteiger partial charge in [0, 0.05) is 17.0 Å². The summed E-state index contributed by atoms with van der Waals surface area (Å²) in [5, 5.41) is 4.23. The quantitative estimate of drug-likeness (QED) is 0.847. The van der Waals surface area contributed by atoms with Crippen LogP contribution in [0.5, 0.6) is 0 Å². The number of nitrogens with zero attached hydrogens (tertiary/aromatic N) is 1. The van der Waals surface area contributed by atoms with E-state index in [1.807, 2.05) is 12.1 Å². The van der Waals surface area contributed by atoms with Gasteiger partial charge in [-0.3, -0.25) is 4.79 Å². The minimum Gasteiger partial charge on any atom is -0.347 e. The van der Waals surface area contributed by atoms with E-state index in [9.17, 15) is 4.79 Å². The van der Waals surface area contributed by atoms with Crippen LogP contribution in [0.3, 0.4) is 0 Å². The zero-order chi connectivity index (χ0) is 12.3. The molecule has 4 heteroatoms. The molecule has 0 saturated carbocycles. The Hall–Kier alpha value is -1.87. The fourth-order valence-corrected chi connectivity index (χ4v) is 1.64. The fraction of sp³-hybridized carbons (Fsp3) is 0.0769. The van der Waals surface area contributed by atoms with E-state index in [1.165, 1.54) is 0 Å². The van der Waals surface area contributed by atoms with Crippen molar-refractivity contribution in [3.8, 4) is 0 Å². The summed E-state index contributed by atoms with van der Waals surface area (Å²) in [6.07, 6.45) is 1.62. The molecule has 1 aromatic carbocycles. The molecule has 0 fully saturated rings. The Bertz CT molecular complexity index is 581. The number of nitrogens with one attached hydrogen (secondary N) is 1. The Morgan fingerprint density at radius 3 is 2.94 bits per heavy atom. The monoisotopic (exact) mass is 246 g/mol. The third-order valence-corrected chi connectivity index (χ3v) is 2.53. The van der Waals surface area contributed by atoms with E-state index in [0.717, 1.165) is 5.39 Å². The predicted octanol–water partition coefficient (Wildman–Crippen LogP) is 2.80. The van der Waals surface area contributed by atoms with E-state index < -0.39 is 0 Å². The number of rotatable bonds is 3. The summed E-state index contributed by atoms with van der Waals surface area (Å²) in [7, 11) is 0. The van der Waals surface area contributed by atoms with Crippen molar-refractivity contribution < 1.29 is 4.79 Å². The molecule has 1 amide bonds. The van der Waals surface area contributed by atoms with Crippen molar-refractivity contribution in [3.05, 3.63) is 53.7 Å². The van der Waals surface area contributed by atoms with Crippen molar-refractivity contribution in [1.29, 1.82) is 0 Å². The lowest BCUT2D eigenvalue weighted by Crippen LogP contribution is -2.24. The number of halogens is 1. The Labute approximate surface area is 104 Å². The topological polar surface area (TPSA) is 42.0 Å². The largest absolute Gasteiger partial charge is 0.347 e. The Balaban J connectivity index is 2.36. The van der Waals surface area contributed by atoms with Crippen LogP contribution < -0.4 is 5.32 Å². The van der Waals surface area contributed by atoms with Crippen molar-refractivity contribution in [2.75, 3.05) is 6.54 Å². The van der Waals surface area contributed by atoms with Crippen LogP contribution in [0.4, 0.5) is 0 Å². The molecule has 0 bridgehead atoms. The van der Waals surface area contributed by atoms with Crippen molar-refractivity contribution in [2.24, 2.45) is 0 Å². The van der Waals surface area contributed by atoms with Gasteiger partial charge in [0.1, 0.15) is 5.69 Å². The molecular formula is C13H11ClN2O. The number of hydrogen-bond acceptors (Lipinski definition) is 2. The maximum atomic E-state index is 11.7. The zero-order valence-corrected chi connectivity index (χ0v) is 9.87. The number of carbonyl (C=O) groups excluding carboxylic acids is 1. The van der Waals surface area contributed by atoms with Gasteiger partial charge >= 0.3 is 0 Å². The molecule has 2 rings (SSSR count). The summed E-state index contributed by atoms with van der Waals surface area (Å²) in [5.74, 6) is -0.216. The first-order valence-electron chi connectivity index (χ1n) is 5.16. The van der Waals surface area contributed by atoms with Gasteiger partial charge in [-0.25, -0.2) is 4.98 Å². The number of carbonyl (C=O) groups is 1. The number of hydrogen-bond donors (Lipinski definition) is 1. The van der Waals surface area contributed by atoms with E-state index in [4.69, 9.17) is 11.6 Å². The highest BCUT2D eigenvalue weighted by atomic mass is 35.5. The van der Waals surface area contributed by atoms with E-state index in [-0.39, 0.29) is 5.91 Å². The number of fused-ring (bicyclic) bond motifs is 1. The molecule has 0 saturated heterocycles. The van der Waals surface area contributed by atoms with Gasteiger partial charge in [-0.1, -0.05) is 29.8 Å². The molecule has 1 aromatic heterocycles. The van der Waals surface area contributed by atoms with Crippen LogP contribution in [0.1, 0.15) is 10.5 Å². The minimum absolute atomic E-state index is 0.216. The molecule has 0 atom stereocenters. The normalized spacial score (nSPS) is 10.2. The molecule has 0 aliphatic heterocycles. The highest BCUT2D eigenvalue weighted by molar-refractivity contribution is 6.31. The van der Waals surface area contributed by atoms with Crippen LogP contribution in [-0.2, 0) is 0 Å². The average Bonchev–Trinajstić information content (AvgIpc) is 2.35. The lowest BCUT2D eigenvalue weighted by atomic mass is 10.2. The first kappa shape index (κ1) is 11.6. The molecule has 0 spiro atoms. The highest BCUT2D eigenvalue weighted by Gasteiger charge is 2.06. The molecular weight excluding hydrogens is 236 g/mol. The Morgan fingerprint density at radius 2 is 2.18 bits per heavy atom. The van der Waals surface area contributed by atoms with Crippen molar-refractivity contribution >= 4 is 28.4 Å². The van der Waals surface area contributed by atoms with Crippen molar-refractivity contribution in [3.63, 3.8) is 0 Å². The second-order valence-corrected chi connectivity index (χ2v) is 3.97. The molecule has 0 unspecified atom stereocenters. The number of aromatic nitrogens is 1. The Kier molecular flexibility index (Phi) is 3.40. The van der Waals surface area contributed by atoms with E-state index in [1.54, 1.807) is 24.3 Å². The maximum Gasteiger partial charge on any atom is 0.270 e. The smallest absolute Gasteiger partial charge is 0.270 e. The summed E-state index contributed by atoms with van der Waals surface area (Å²) < 4.78 is 0. The average molecular weight is 247 g/mol. The maximum absolute atomic E-state index is 11.7. The van der Waals surface area contributed by atoms with Gasteiger partial charge < -0.3 is 5.32 Å². The van der Waals surface area contributed by atoms with Crippen LogP contribution in [0.15, 0.2) is 43.0 Å². The van der Waals surface area contributed by atoms with Crippen molar-refractivity contribution in [1.82, 2.24) is 10.3 Å². The molecule has 2 aromatic rings. The van der Waals surface area contributed by atoms with E-state index in [2.05, 4.69) is 16.9 Å². The summed E-state index contributed by atoms with van der Waals surface area (Å²) in [6, 6.07) is 8.94. The molecule has 1 N–H and O–H groups in total. The van der Waals surface area contributed by atoms with Crippen molar-refractivity contribution in [2.45, 2.75) is 0 Å². The lowest BCUT2D eigenvalue weighted by molar-refractivity contribution is 0.0953. The van der Waals surface area contributed by atoms with E-state index >= 15 is 0 Å². The van der Waals surface area contributed by atoms with Gasteiger partial charge in [0.2, 0.25) is 0 Å². The molecule has 17 heavy (non-hydrogen) atoms. The molecule has 0 aliphatic carbocycles. The molecule has 0 aliphatic rings. The summed E-state index contributed by atoms with van der Waals surface area (Å²) in [4.78, 5) is 15.9. The van der Waals surface area contributed by atoms with Crippen LogP contribution in [0.25, 0.3) is 10.9 Å². The summed E-state index contributed by atoms with van der Waals surface area (Å²) in [6.45, 7) is 3.96. The van der Waals surface area contributed by atoms with Gasteiger partial charge in [-0.2, -0.15) is 0 Å². The van der Waals surface area contributed by atoms with Gasteiger partial charge in [-0.05, 0) is 18.2 Å². The lowest BCUT2D eigenvalue weighted by Gasteiger charge is -2.03. The second kappa shape index (κ2) is 4.97. The SMILES string of the molecule is C=CCNC(=O)c1ccc2ccc(Cl)cc2n1. The summed E-state index contributed by atoms with van der Waals surface area (Å²) in [5.41, 5.74) is 1.09. The zero-order valence-electron chi connectivity index (χ0n) is 9.11. The second-order valence-electron chi connectivity index (χ2n) is 3.53. The molecule has 1 heterocycles. The van der Waals surface area contributed by atoms with Gasteiger partial charge in [0.25, 0.3) is 5.91 Å². The third-order valence-electron chi connectivity index (χ3n) is 2.29. The molecule has 86 valence electrons. The number of amides is 1. The first-order chi connectivity index (χ1) is 8.20. The van der Waals surface area contributed by atoms with Gasteiger partial charge in [0.15, 0.2) is 0 Å². The first-order valence-corrected chi connectivity index (χ1v) is 5.54. The van der Waals surface area contributed by atoms with Crippen LogP contribution in [0.2, 0.25) is 5.02 Å². The highest BCUT2D eigenvalue weighted by Crippen LogP contribution is 2.17. The minimum atomic E-state index is -0.216. The summed E-state index contributed by atoms with van der Waals surface area (Å²) >= 11 is 5.88. The predicted molar refractivity (Wildman–Crippen MR) is 69.3 cm³/mol. The van der Waals surface area contributed by atoms with Crippen LogP contribution in [0, 0.1) is 0 Å². The fourth-order valence-electron chi connectivity index (χ4n) is 1.47. The number of benzene rings is 1. The van der Waals surface area contributed by atoms with Gasteiger partial charge in [0.05, 0.1) is 5.52 Å². The third kappa shape index (κ3) is 2.63. The van der Waals surface area contributed by atoms with Gasteiger partial charge in [-0.15, -0.1) is 6.58 Å². The number of pyridine rings is 1. The Morgan fingerprint density at radius 1 is 1.41 bits per heavy atom. The molecule has 3 nitrogen and oxygen atoms in total.